The predicted octanol–water partition coefficient (Wildman–Crippen LogP) is 2.81. The van der Waals surface area contributed by atoms with Crippen molar-refractivity contribution in [3.63, 3.8) is 0 Å². The van der Waals surface area contributed by atoms with E-state index < -0.39 is 5.92 Å². The van der Waals surface area contributed by atoms with E-state index in [-0.39, 0.29) is 5.91 Å². The number of hydrogen-bond donors (Lipinski definition) is 1. The fraction of sp³-hybridized carbons (Fsp3) is 0.467. The topological polar surface area (TPSA) is 52.9 Å². The average molecular weight is 244 g/mol. The van der Waals surface area contributed by atoms with E-state index >= 15 is 0 Å². The standard InChI is InChI=1S/C15H20N2O/c1-3-5-14(10-16)15(18)17-11-13-8-6-12(4-2)7-9-13/h6-9,14H,3-5,11H2,1-2H3,(H,17,18). The van der Waals surface area contributed by atoms with E-state index in [0.29, 0.717) is 13.0 Å². The lowest BCUT2D eigenvalue weighted by Gasteiger charge is -2.09. The quantitative estimate of drug-likeness (QED) is 0.836. The van der Waals surface area contributed by atoms with Crippen LogP contribution in [0.1, 0.15) is 37.8 Å². The van der Waals surface area contributed by atoms with E-state index in [1.54, 1.807) is 0 Å². The number of nitrogens with zero attached hydrogens (tertiary/aromatic N) is 1. The van der Waals surface area contributed by atoms with Crippen LogP contribution in [0.2, 0.25) is 0 Å². The molecule has 0 aliphatic carbocycles. The summed E-state index contributed by atoms with van der Waals surface area (Å²) in [5, 5.41) is 11.7. The summed E-state index contributed by atoms with van der Waals surface area (Å²) < 4.78 is 0. The van der Waals surface area contributed by atoms with Crippen LogP contribution < -0.4 is 5.32 Å². The fourth-order valence-corrected chi connectivity index (χ4v) is 1.75. The summed E-state index contributed by atoms with van der Waals surface area (Å²) >= 11 is 0. The van der Waals surface area contributed by atoms with Crippen LogP contribution in [-0.2, 0) is 17.8 Å². The van der Waals surface area contributed by atoms with Crippen molar-refractivity contribution in [2.24, 2.45) is 5.92 Å². The van der Waals surface area contributed by atoms with Crippen LogP contribution in [0.4, 0.5) is 0 Å². The van der Waals surface area contributed by atoms with Gasteiger partial charge < -0.3 is 5.32 Å². The molecule has 18 heavy (non-hydrogen) atoms. The number of nitrogens with one attached hydrogen (secondary N) is 1. The van der Waals surface area contributed by atoms with Gasteiger partial charge in [0.05, 0.1) is 6.07 Å². The molecule has 0 radical (unpaired) electrons. The first-order chi connectivity index (χ1) is 8.71. The normalized spacial score (nSPS) is 11.6. The Morgan fingerprint density at radius 1 is 1.28 bits per heavy atom. The van der Waals surface area contributed by atoms with Crippen LogP contribution in [0, 0.1) is 17.2 Å². The minimum Gasteiger partial charge on any atom is -0.351 e. The summed E-state index contributed by atoms with van der Waals surface area (Å²) in [5.41, 5.74) is 2.35. The number of amides is 1. The van der Waals surface area contributed by atoms with Crippen molar-refractivity contribution < 1.29 is 4.79 Å². The Morgan fingerprint density at radius 3 is 2.39 bits per heavy atom. The smallest absolute Gasteiger partial charge is 0.237 e. The molecule has 0 spiro atoms. The lowest BCUT2D eigenvalue weighted by molar-refractivity contribution is -0.123. The molecule has 0 aromatic heterocycles. The first-order valence-electron chi connectivity index (χ1n) is 6.46. The van der Waals surface area contributed by atoms with Crippen LogP contribution >= 0.6 is 0 Å². The van der Waals surface area contributed by atoms with Gasteiger partial charge in [-0.3, -0.25) is 4.79 Å². The SMILES string of the molecule is CCCC(C#N)C(=O)NCc1ccc(CC)cc1. The maximum absolute atomic E-state index is 11.7. The zero-order valence-corrected chi connectivity index (χ0v) is 11.1. The van der Waals surface area contributed by atoms with Gasteiger partial charge in [0.1, 0.15) is 5.92 Å². The first-order valence-corrected chi connectivity index (χ1v) is 6.46. The molecule has 1 amide bonds. The van der Waals surface area contributed by atoms with Gasteiger partial charge in [0.15, 0.2) is 0 Å². The lowest BCUT2D eigenvalue weighted by Crippen LogP contribution is -2.29. The Labute approximate surface area is 109 Å². The van der Waals surface area contributed by atoms with E-state index in [0.717, 1.165) is 18.4 Å². The number of hydrogen-bond acceptors (Lipinski definition) is 2. The number of rotatable bonds is 6. The summed E-state index contributed by atoms with van der Waals surface area (Å²) in [6.45, 7) is 4.57. The summed E-state index contributed by atoms with van der Waals surface area (Å²) in [6, 6.07) is 10.2. The number of benzene rings is 1. The summed E-state index contributed by atoms with van der Waals surface area (Å²) in [6.07, 6.45) is 2.48. The molecule has 0 aliphatic rings. The third-order valence-electron chi connectivity index (χ3n) is 2.95. The maximum atomic E-state index is 11.7. The van der Waals surface area contributed by atoms with E-state index in [2.05, 4.69) is 24.4 Å². The van der Waals surface area contributed by atoms with Gasteiger partial charge in [0.2, 0.25) is 5.91 Å². The van der Waals surface area contributed by atoms with Crippen LogP contribution in [0.15, 0.2) is 24.3 Å². The van der Waals surface area contributed by atoms with Crippen molar-refractivity contribution >= 4 is 5.91 Å². The molecular weight excluding hydrogens is 224 g/mol. The van der Waals surface area contributed by atoms with Gasteiger partial charge in [0, 0.05) is 6.54 Å². The molecule has 1 N–H and O–H groups in total. The molecule has 0 aliphatic heterocycles. The third kappa shape index (κ3) is 4.21. The summed E-state index contributed by atoms with van der Waals surface area (Å²) in [7, 11) is 0. The minimum absolute atomic E-state index is 0.168. The van der Waals surface area contributed by atoms with Gasteiger partial charge in [-0.15, -0.1) is 0 Å². The van der Waals surface area contributed by atoms with Crippen LogP contribution in [0.25, 0.3) is 0 Å². The van der Waals surface area contributed by atoms with Crippen LogP contribution in [0.3, 0.4) is 0 Å². The fourth-order valence-electron chi connectivity index (χ4n) is 1.75. The van der Waals surface area contributed by atoms with Crippen LogP contribution in [0.5, 0.6) is 0 Å². The molecule has 3 heteroatoms. The molecule has 1 unspecified atom stereocenters. The Balaban J connectivity index is 2.48. The van der Waals surface area contributed by atoms with Crippen molar-refractivity contribution in [3.8, 4) is 6.07 Å². The largest absolute Gasteiger partial charge is 0.351 e. The van der Waals surface area contributed by atoms with Gasteiger partial charge in [-0.05, 0) is 24.0 Å². The number of carbonyl (C=O) groups is 1. The lowest BCUT2D eigenvalue weighted by atomic mass is 10.0. The average Bonchev–Trinajstić information content (AvgIpc) is 2.42. The molecule has 1 aromatic rings. The molecule has 1 rings (SSSR count). The Bertz CT molecular complexity index is 417. The van der Waals surface area contributed by atoms with E-state index in [1.807, 2.05) is 25.1 Å². The molecule has 96 valence electrons. The van der Waals surface area contributed by atoms with Gasteiger partial charge in [0.25, 0.3) is 0 Å². The number of nitriles is 1. The highest BCUT2D eigenvalue weighted by Crippen LogP contribution is 2.07. The summed E-state index contributed by atoms with van der Waals surface area (Å²) in [5.74, 6) is -0.691. The Kier molecular flexibility index (Phi) is 5.93. The molecule has 3 nitrogen and oxygen atoms in total. The highest BCUT2D eigenvalue weighted by molar-refractivity contribution is 5.80. The zero-order chi connectivity index (χ0) is 13.4. The molecule has 0 fully saturated rings. The maximum Gasteiger partial charge on any atom is 0.237 e. The van der Waals surface area contributed by atoms with E-state index in [9.17, 15) is 4.79 Å². The molecule has 1 aromatic carbocycles. The van der Waals surface area contributed by atoms with Gasteiger partial charge in [-0.1, -0.05) is 44.5 Å². The van der Waals surface area contributed by atoms with Crippen LogP contribution in [-0.4, -0.2) is 5.91 Å². The van der Waals surface area contributed by atoms with Gasteiger partial charge >= 0.3 is 0 Å². The third-order valence-corrected chi connectivity index (χ3v) is 2.95. The Hall–Kier alpha value is -1.82. The highest BCUT2D eigenvalue weighted by Gasteiger charge is 2.15. The molecular formula is C15H20N2O. The summed E-state index contributed by atoms with van der Waals surface area (Å²) in [4.78, 5) is 11.7. The molecule has 1 atom stereocenters. The molecule has 0 heterocycles. The number of aryl methyl sites for hydroxylation is 1. The van der Waals surface area contributed by atoms with Crippen molar-refractivity contribution in [2.75, 3.05) is 0 Å². The molecule has 0 saturated heterocycles. The molecule has 0 saturated carbocycles. The first kappa shape index (κ1) is 14.2. The number of carbonyl (C=O) groups excluding carboxylic acids is 1. The second-order valence-corrected chi connectivity index (χ2v) is 4.36. The highest BCUT2D eigenvalue weighted by atomic mass is 16.1. The second-order valence-electron chi connectivity index (χ2n) is 4.36. The van der Waals surface area contributed by atoms with Crippen molar-refractivity contribution in [3.05, 3.63) is 35.4 Å². The zero-order valence-electron chi connectivity index (χ0n) is 11.1. The second kappa shape index (κ2) is 7.50. The van der Waals surface area contributed by atoms with E-state index in [1.165, 1.54) is 5.56 Å². The van der Waals surface area contributed by atoms with Gasteiger partial charge in [-0.25, -0.2) is 0 Å². The minimum atomic E-state index is -0.523. The molecule has 0 bridgehead atoms. The monoisotopic (exact) mass is 244 g/mol. The van der Waals surface area contributed by atoms with E-state index in [4.69, 9.17) is 5.26 Å². The van der Waals surface area contributed by atoms with Crippen molar-refractivity contribution in [2.45, 2.75) is 39.7 Å². The van der Waals surface area contributed by atoms with Crippen molar-refractivity contribution in [1.29, 1.82) is 5.26 Å². The van der Waals surface area contributed by atoms with Gasteiger partial charge in [-0.2, -0.15) is 5.26 Å². The Morgan fingerprint density at radius 2 is 1.89 bits per heavy atom. The predicted molar refractivity (Wildman–Crippen MR) is 71.7 cm³/mol. The van der Waals surface area contributed by atoms with Crippen molar-refractivity contribution in [1.82, 2.24) is 5.32 Å².